The fourth-order valence-electron chi connectivity index (χ4n) is 2.27. The second-order valence-corrected chi connectivity index (χ2v) is 5.47. The third-order valence-corrected chi connectivity index (χ3v) is 3.30. The average molecular weight is 297 g/mol. The Kier molecular flexibility index (Phi) is 5.55. The van der Waals surface area contributed by atoms with E-state index in [1.165, 1.54) is 0 Å². The molecule has 1 aromatic rings. The van der Waals surface area contributed by atoms with E-state index in [4.69, 9.17) is 14.0 Å². The first-order valence-corrected chi connectivity index (χ1v) is 7.44. The number of ether oxygens (including phenoxy) is 2. The normalized spacial score (nSPS) is 17.0. The van der Waals surface area contributed by atoms with E-state index >= 15 is 0 Å². The molecule has 7 heteroatoms. The smallest absolute Gasteiger partial charge is 0.318 e. The first kappa shape index (κ1) is 15.8. The minimum atomic E-state index is -0.493. The van der Waals surface area contributed by atoms with Crippen molar-refractivity contribution in [1.82, 2.24) is 10.1 Å². The molecular weight excluding hydrogens is 274 g/mol. The van der Waals surface area contributed by atoms with Gasteiger partial charge in [0.25, 0.3) is 5.95 Å². The molecule has 118 valence electrons. The molecule has 2 heterocycles. The summed E-state index contributed by atoms with van der Waals surface area (Å²) in [5, 5.41) is 3.99. The van der Waals surface area contributed by atoms with E-state index in [0.29, 0.717) is 44.0 Å². The molecule has 1 atom stereocenters. The second kappa shape index (κ2) is 7.40. The Labute approximate surface area is 124 Å². The van der Waals surface area contributed by atoms with Gasteiger partial charge >= 0.3 is 5.97 Å². The number of anilines is 1. The topological polar surface area (TPSA) is 77.7 Å². The molecule has 7 nitrogen and oxygen atoms in total. The van der Waals surface area contributed by atoms with Gasteiger partial charge in [0.1, 0.15) is 5.92 Å². The SMILES string of the molecule is CCOC(=O)C(CC(C)C)c1nc(N2CCOCC2)no1. The van der Waals surface area contributed by atoms with Gasteiger partial charge in [0.15, 0.2) is 0 Å². The third kappa shape index (κ3) is 4.17. The molecule has 0 aromatic carbocycles. The summed E-state index contributed by atoms with van der Waals surface area (Å²) in [6.07, 6.45) is 0.629. The largest absolute Gasteiger partial charge is 0.465 e. The molecule has 0 radical (unpaired) electrons. The zero-order valence-corrected chi connectivity index (χ0v) is 12.9. The van der Waals surface area contributed by atoms with Crippen LogP contribution >= 0.6 is 0 Å². The molecule has 0 spiro atoms. The fraction of sp³-hybridized carbons (Fsp3) is 0.786. The number of carbonyl (C=O) groups is 1. The minimum Gasteiger partial charge on any atom is -0.465 e. The van der Waals surface area contributed by atoms with Gasteiger partial charge in [0, 0.05) is 13.1 Å². The van der Waals surface area contributed by atoms with Gasteiger partial charge in [-0.2, -0.15) is 4.98 Å². The Balaban J connectivity index is 2.12. The molecule has 1 aliphatic heterocycles. The lowest BCUT2D eigenvalue weighted by atomic mass is 9.97. The van der Waals surface area contributed by atoms with Gasteiger partial charge in [-0.25, -0.2) is 0 Å². The standard InChI is InChI=1S/C14H23N3O4/c1-4-20-13(18)11(9-10(2)3)12-15-14(16-21-12)17-5-7-19-8-6-17/h10-11H,4-9H2,1-3H3. The minimum absolute atomic E-state index is 0.302. The number of hydrogen-bond acceptors (Lipinski definition) is 7. The number of esters is 1. The highest BCUT2D eigenvalue weighted by molar-refractivity contribution is 5.76. The van der Waals surface area contributed by atoms with Crippen LogP contribution in [0.5, 0.6) is 0 Å². The number of aromatic nitrogens is 2. The predicted octanol–water partition coefficient (Wildman–Crippen LogP) is 1.60. The molecular formula is C14H23N3O4. The third-order valence-electron chi connectivity index (χ3n) is 3.30. The summed E-state index contributed by atoms with van der Waals surface area (Å²) >= 11 is 0. The van der Waals surface area contributed by atoms with E-state index in [1.54, 1.807) is 6.92 Å². The molecule has 0 saturated carbocycles. The Morgan fingerprint density at radius 3 is 2.71 bits per heavy atom. The van der Waals surface area contributed by atoms with E-state index in [9.17, 15) is 4.79 Å². The monoisotopic (exact) mass is 297 g/mol. The van der Waals surface area contributed by atoms with Crippen molar-refractivity contribution in [1.29, 1.82) is 0 Å². The zero-order valence-electron chi connectivity index (χ0n) is 12.9. The molecule has 1 aromatic heterocycles. The lowest BCUT2D eigenvalue weighted by molar-refractivity contribution is -0.146. The number of nitrogens with zero attached hydrogens (tertiary/aromatic N) is 3. The summed E-state index contributed by atoms with van der Waals surface area (Å²) in [7, 11) is 0. The van der Waals surface area contributed by atoms with Crippen molar-refractivity contribution in [2.24, 2.45) is 5.92 Å². The van der Waals surface area contributed by atoms with Crippen molar-refractivity contribution >= 4 is 11.9 Å². The number of carbonyl (C=O) groups excluding carboxylic acids is 1. The van der Waals surface area contributed by atoms with E-state index in [1.807, 2.05) is 18.7 Å². The van der Waals surface area contributed by atoms with Crippen molar-refractivity contribution in [2.45, 2.75) is 33.1 Å². The number of morpholine rings is 1. The Hall–Kier alpha value is -1.63. The molecule has 1 aliphatic rings. The first-order valence-electron chi connectivity index (χ1n) is 7.44. The molecule has 0 amide bonds. The van der Waals surface area contributed by atoms with E-state index in [2.05, 4.69) is 10.1 Å². The molecule has 1 fully saturated rings. The maximum atomic E-state index is 12.1. The highest BCUT2D eigenvalue weighted by Gasteiger charge is 2.30. The van der Waals surface area contributed by atoms with Crippen LogP contribution in [0.4, 0.5) is 5.95 Å². The maximum Gasteiger partial charge on any atom is 0.318 e. The summed E-state index contributed by atoms with van der Waals surface area (Å²) in [6.45, 7) is 8.99. The van der Waals surface area contributed by atoms with Crippen LogP contribution in [0.15, 0.2) is 4.52 Å². The van der Waals surface area contributed by atoms with Crippen LogP contribution in [0.1, 0.15) is 39.0 Å². The first-order chi connectivity index (χ1) is 10.1. The van der Waals surface area contributed by atoms with Crippen LogP contribution in [0.3, 0.4) is 0 Å². The van der Waals surface area contributed by atoms with Gasteiger partial charge in [-0.15, -0.1) is 0 Å². The van der Waals surface area contributed by atoms with Crippen LogP contribution in [-0.2, 0) is 14.3 Å². The van der Waals surface area contributed by atoms with Crippen molar-refractivity contribution in [2.75, 3.05) is 37.8 Å². The highest BCUT2D eigenvalue weighted by atomic mass is 16.5. The quantitative estimate of drug-likeness (QED) is 0.738. The molecule has 0 bridgehead atoms. The van der Waals surface area contributed by atoms with Crippen LogP contribution in [-0.4, -0.2) is 49.0 Å². The van der Waals surface area contributed by atoms with Gasteiger partial charge in [-0.3, -0.25) is 4.79 Å². The van der Waals surface area contributed by atoms with E-state index in [0.717, 1.165) is 13.1 Å². The zero-order chi connectivity index (χ0) is 15.2. The van der Waals surface area contributed by atoms with Crippen molar-refractivity contribution in [3.8, 4) is 0 Å². The van der Waals surface area contributed by atoms with Gasteiger partial charge < -0.3 is 18.9 Å². The van der Waals surface area contributed by atoms with E-state index in [-0.39, 0.29) is 5.97 Å². The van der Waals surface area contributed by atoms with Gasteiger partial charge in [0.05, 0.1) is 19.8 Å². The van der Waals surface area contributed by atoms with Crippen LogP contribution in [0.25, 0.3) is 0 Å². The predicted molar refractivity (Wildman–Crippen MR) is 76.2 cm³/mol. The van der Waals surface area contributed by atoms with Gasteiger partial charge in [-0.1, -0.05) is 13.8 Å². The van der Waals surface area contributed by atoms with Gasteiger partial charge in [0.2, 0.25) is 5.89 Å². The maximum absolute atomic E-state index is 12.1. The molecule has 2 rings (SSSR count). The summed E-state index contributed by atoms with van der Waals surface area (Å²) < 4.78 is 15.7. The molecule has 0 N–H and O–H groups in total. The lowest BCUT2D eigenvalue weighted by Gasteiger charge is -2.24. The molecule has 1 unspecified atom stereocenters. The average Bonchev–Trinajstić information content (AvgIpc) is 2.95. The van der Waals surface area contributed by atoms with Crippen LogP contribution in [0.2, 0.25) is 0 Å². The Morgan fingerprint density at radius 2 is 2.10 bits per heavy atom. The van der Waals surface area contributed by atoms with Crippen molar-refractivity contribution in [3.63, 3.8) is 0 Å². The second-order valence-electron chi connectivity index (χ2n) is 5.47. The Bertz CT molecular complexity index is 455. The molecule has 1 saturated heterocycles. The summed E-state index contributed by atoms with van der Waals surface area (Å²) in [4.78, 5) is 18.5. The molecule has 21 heavy (non-hydrogen) atoms. The molecule has 0 aliphatic carbocycles. The lowest BCUT2D eigenvalue weighted by Crippen LogP contribution is -2.36. The fourth-order valence-corrected chi connectivity index (χ4v) is 2.27. The Morgan fingerprint density at radius 1 is 1.38 bits per heavy atom. The number of rotatable bonds is 6. The summed E-state index contributed by atoms with van der Waals surface area (Å²) in [5.74, 6) is 0.392. The van der Waals surface area contributed by atoms with E-state index < -0.39 is 5.92 Å². The van der Waals surface area contributed by atoms with Crippen molar-refractivity contribution in [3.05, 3.63) is 5.89 Å². The van der Waals surface area contributed by atoms with Crippen LogP contribution < -0.4 is 4.90 Å². The van der Waals surface area contributed by atoms with Crippen LogP contribution in [0, 0.1) is 5.92 Å². The van der Waals surface area contributed by atoms with Gasteiger partial charge in [-0.05, 0) is 24.4 Å². The number of hydrogen-bond donors (Lipinski definition) is 0. The summed E-state index contributed by atoms with van der Waals surface area (Å²) in [5.41, 5.74) is 0. The highest BCUT2D eigenvalue weighted by Crippen LogP contribution is 2.25. The summed E-state index contributed by atoms with van der Waals surface area (Å²) in [6, 6.07) is 0. The van der Waals surface area contributed by atoms with Crippen molar-refractivity contribution < 1.29 is 18.8 Å².